The third-order valence-electron chi connectivity index (χ3n) is 3.78. The van der Waals surface area contributed by atoms with Crippen molar-refractivity contribution >= 4 is 22.6 Å². The highest BCUT2D eigenvalue weighted by atomic mass is 16.4. The van der Waals surface area contributed by atoms with Crippen molar-refractivity contribution in [3.8, 4) is 6.07 Å². The van der Waals surface area contributed by atoms with E-state index in [4.69, 9.17) is 4.42 Å². The molecular weight excluding hydrogens is 256 g/mol. The lowest BCUT2D eigenvalue weighted by atomic mass is 9.85. The van der Waals surface area contributed by atoms with Crippen LogP contribution in [0, 0.1) is 11.3 Å². The molecule has 0 saturated carbocycles. The van der Waals surface area contributed by atoms with Crippen LogP contribution in [-0.4, -0.2) is 12.5 Å². The van der Waals surface area contributed by atoms with Crippen LogP contribution in [0.25, 0.3) is 11.0 Å². The van der Waals surface area contributed by atoms with E-state index in [2.05, 4.69) is 6.07 Å². The zero-order chi connectivity index (χ0) is 14.5. The van der Waals surface area contributed by atoms with Crippen LogP contribution in [0.5, 0.6) is 0 Å². The Morgan fingerprint density at radius 2 is 2.10 bits per heavy atom. The second-order valence-corrected chi connectivity index (χ2v) is 4.95. The highest BCUT2D eigenvalue weighted by Crippen LogP contribution is 2.43. The number of nitriles is 1. The smallest absolute Gasteiger partial charge is 0.336 e. The van der Waals surface area contributed by atoms with Crippen molar-refractivity contribution in [2.24, 2.45) is 0 Å². The largest absolute Gasteiger partial charge is 0.423 e. The molecular formula is C15H12N2O3. The molecule has 0 bridgehead atoms. The van der Waals surface area contributed by atoms with Gasteiger partial charge in [-0.1, -0.05) is 0 Å². The van der Waals surface area contributed by atoms with Gasteiger partial charge in [-0.25, -0.2) is 4.79 Å². The number of carbonyl (C=O) groups is 1. The third-order valence-corrected chi connectivity index (χ3v) is 3.78. The molecule has 1 unspecified atom stereocenters. The first-order valence-corrected chi connectivity index (χ1v) is 6.33. The van der Waals surface area contributed by atoms with Crippen molar-refractivity contribution in [1.82, 2.24) is 0 Å². The second kappa shape index (κ2) is 3.94. The first-order valence-electron chi connectivity index (χ1n) is 6.33. The topological polar surface area (TPSA) is 74.3 Å². The Labute approximate surface area is 115 Å². The van der Waals surface area contributed by atoms with Gasteiger partial charge < -0.3 is 9.32 Å². The number of nitrogens with zero attached hydrogens (tertiary/aromatic N) is 2. The standard InChI is InChI=1S/C15H12N2O3/c1-3-17-11-6-9-4-5-13(18)20-12(9)7-10(11)15(2,8-16)14(17)19/h4-7H,3H2,1-2H3. The number of carbonyl (C=O) groups excluding carboxylic acids is 1. The molecule has 0 spiro atoms. The van der Waals surface area contributed by atoms with E-state index in [1.54, 1.807) is 30.0 Å². The summed E-state index contributed by atoms with van der Waals surface area (Å²) in [4.78, 5) is 25.3. The lowest BCUT2D eigenvalue weighted by Crippen LogP contribution is -2.37. The Bertz CT molecular complexity index is 831. The van der Waals surface area contributed by atoms with E-state index in [1.165, 1.54) is 6.07 Å². The maximum absolute atomic E-state index is 12.4. The summed E-state index contributed by atoms with van der Waals surface area (Å²) in [6.07, 6.45) is 0. The van der Waals surface area contributed by atoms with E-state index in [-0.39, 0.29) is 5.91 Å². The molecule has 1 atom stereocenters. The van der Waals surface area contributed by atoms with Crippen LogP contribution in [0.4, 0.5) is 5.69 Å². The van der Waals surface area contributed by atoms with E-state index in [0.29, 0.717) is 23.4 Å². The number of fused-ring (bicyclic) bond motifs is 2. The van der Waals surface area contributed by atoms with Crippen LogP contribution in [0.2, 0.25) is 0 Å². The minimum absolute atomic E-state index is 0.241. The number of amides is 1. The number of rotatable bonds is 1. The van der Waals surface area contributed by atoms with Gasteiger partial charge in [-0.05, 0) is 32.0 Å². The van der Waals surface area contributed by atoms with E-state index in [0.717, 1.165) is 5.39 Å². The maximum atomic E-state index is 12.4. The second-order valence-electron chi connectivity index (χ2n) is 4.95. The van der Waals surface area contributed by atoms with Crippen molar-refractivity contribution in [1.29, 1.82) is 5.26 Å². The molecule has 3 rings (SSSR count). The quantitative estimate of drug-likeness (QED) is 0.741. The average Bonchev–Trinajstić information content (AvgIpc) is 2.65. The van der Waals surface area contributed by atoms with E-state index in [1.807, 2.05) is 6.92 Å². The Morgan fingerprint density at radius 1 is 1.35 bits per heavy atom. The molecule has 0 aliphatic carbocycles. The molecule has 1 aromatic heterocycles. The van der Waals surface area contributed by atoms with Crippen LogP contribution in [0.15, 0.2) is 33.5 Å². The van der Waals surface area contributed by atoms with Gasteiger partial charge >= 0.3 is 5.63 Å². The number of hydrogen-bond acceptors (Lipinski definition) is 4. The first-order chi connectivity index (χ1) is 9.51. The molecule has 1 aliphatic rings. The zero-order valence-corrected chi connectivity index (χ0v) is 11.1. The summed E-state index contributed by atoms with van der Waals surface area (Å²) in [6.45, 7) is 3.95. The van der Waals surface area contributed by atoms with Crippen molar-refractivity contribution < 1.29 is 9.21 Å². The lowest BCUT2D eigenvalue weighted by Gasteiger charge is -2.16. The normalized spacial score (nSPS) is 21.1. The number of likely N-dealkylation sites (N-methyl/N-ethyl adjacent to an activating group) is 1. The number of hydrogen-bond donors (Lipinski definition) is 0. The minimum Gasteiger partial charge on any atom is -0.423 e. The monoisotopic (exact) mass is 268 g/mol. The van der Waals surface area contributed by atoms with Gasteiger partial charge in [0, 0.05) is 29.2 Å². The molecule has 5 nitrogen and oxygen atoms in total. The van der Waals surface area contributed by atoms with Gasteiger partial charge in [0.25, 0.3) is 5.91 Å². The average molecular weight is 268 g/mol. The van der Waals surface area contributed by atoms with Gasteiger partial charge in [0.1, 0.15) is 5.58 Å². The predicted molar refractivity (Wildman–Crippen MR) is 73.5 cm³/mol. The van der Waals surface area contributed by atoms with Crippen LogP contribution in [-0.2, 0) is 10.2 Å². The van der Waals surface area contributed by atoms with E-state index < -0.39 is 11.0 Å². The van der Waals surface area contributed by atoms with Crippen molar-refractivity contribution in [3.05, 3.63) is 40.2 Å². The fourth-order valence-corrected chi connectivity index (χ4v) is 2.64. The Balaban J connectivity index is 2.39. The molecule has 2 heterocycles. The number of benzene rings is 1. The van der Waals surface area contributed by atoms with Crippen LogP contribution < -0.4 is 10.5 Å². The summed E-state index contributed by atoms with van der Waals surface area (Å²) in [7, 11) is 0. The molecule has 5 heteroatoms. The third kappa shape index (κ3) is 1.42. The zero-order valence-electron chi connectivity index (χ0n) is 11.1. The summed E-state index contributed by atoms with van der Waals surface area (Å²) >= 11 is 0. The maximum Gasteiger partial charge on any atom is 0.336 e. The summed E-state index contributed by atoms with van der Waals surface area (Å²) in [6, 6.07) is 8.49. The van der Waals surface area contributed by atoms with Gasteiger partial charge in [0.15, 0.2) is 5.41 Å². The van der Waals surface area contributed by atoms with Crippen molar-refractivity contribution in [2.75, 3.05) is 11.4 Å². The molecule has 100 valence electrons. The molecule has 0 fully saturated rings. The molecule has 20 heavy (non-hydrogen) atoms. The van der Waals surface area contributed by atoms with Crippen LogP contribution >= 0.6 is 0 Å². The van der Waals surface area contributed by atoms with Gasteiger partial charge in [0.2, 0.25) is 0 Å². The Kier molecular flexibility index (Phi) is 2.45. The molecule has 0 saturated heterocycles. The van der Waals surface area contributed by atoms with Gasteiger partial charge in [-0.3, -0.25) is 4.79 Å². The molecule has 1 aromatic carbocycles. The van der Waals surface area contributed by atoms with Crippen LogP contribution in [0.3, 0.4) is 0 Å². The number of anilines is 1. The van der Waals surface area contributed by atoms with Crippen molar-refractivity contribution in [3.63, 3.8) is 0 Å². The summed E-state index contributed by atoms with van der Waals surface area (Å²) < 4.78 is 5.13. The molecule has 0 N–H and O–H groups in total. The molecule has 1 amide bonds. The summed E-state index contributed by atoms with van der Waals surface area (Å²) in [5, 5.41) is 10.1. The summed E-state index contributed by atoms with van der Waals surface area (Å²) in [5.41, 5.74) is 0.0152. The molecule has 0 radical (unpaired) electrons. The van der Waals surface area contributed by atoms with Crippen LogP contribution in [0.1, 0.15) is 19.4 Å². The molecule has 1 aliphatic heterocycles. The molecule has 2 aromatic rings. The van der Waals surface area contributed by atoms with E-state index in [9.17, 15) is 14.9 Å². The van der Waals surface area contributed by atoms with Gasteiger partial charge in [-0.15, -0.1) is 0 Å². The SMILES string of the molecule is CCN1C(=O)C(C)(C#N)c2cc3oc(=O)ccc3cc21. The lowest BCUT2D eigenvalue weighted by molar-refractivity contribution is -0.120. The van der Waals surface area contributed by atoms with Gasteiger partial charge in [-0.2, -0.15) is 5.26 Å². The van der Waals surface area contributed by atoms with Gasteiger partial charge in [0.05, 0.1) is 6.07 Å². The highest BCUT2D eigenvalue weighted by molar-refractivity contribution is 6.11. The highest BCUT2D eigenvalue weighted by Gasteiger charge is 2.47. The Morgan fingerprint density at radius 3 is 2.75 bits per heavy atom. The van der Waals surface area contributed by atoms with Crippen molar-refractivity contribution in [2.45, 2.75) is 19.3 Å². The van der Waals surface area contributed by atoms with E-state index >= 15 is 0 Å². The fourth-order valence-electron chi connectivity index (χ4n) is 2.64. The predicted octanol–water partition coefficient (Wildman–Crippen LogP) is 1.94. The summed E-state index contributed by atoms with van der Waals surface area (Å²) in [5.74, 6) is -0.241. The first kappa shape index (κ1) is 12.4. The minimum atomic E-state index is -1.23. The fraction of sp³-hybridized carbons (Fsp3) is 0.267. The Hall–Kier alpha value is -2.61.